The maximum atomic E-state index is 14.0. The summed E-state index contributed by atoms with van der Waals surface area (Å²) in [6.45, 7) is 1.57. The molecule has 0 amide bonds. The summed E-state index contributed by atoms with van der Waals surface area (Å²) in [5.74, 6) is -6.90. The van der Waals surface area contributed by atoms with Crippen LogP contribution in [0.1, 0.15) is 17.3 Å². The Hall–Kier alpha value is -3.09. The first-order valence-electron chi connectivity index (χ1n) is 6.71. The van der Waals surface area contributed by atoms with E-state index in [1.165, 1.54) is 6.08 Å². The van der Waals surface area contributed by atoms with Crippen LogP contribution in [0.25, 0.3) is 11.1 Å². The number of carbonyl (C=O) groups excluding carboxylic acids is 1. The summed E-state index contributed by atoms with van der Waals surface area (Å²) in [6, 6.07) is 4.92. The predicted molar refractivity (Wildman–Crippen MR) is 79.2 cm³/mol. The van der Waals surface area contributed by atoms with Crippen LogP contribution in [-0.4, -0.2) is 17.0 Å². The fourth-order valence-electron chi connectivity index (χ4n) is 1.97. The van der Waals surface area contributed by atoms with E-state index in [0.29, 0.717) is 6.07 Å². The topological polar surface area (TPSA) is 63.6 Å². The van der Waals surface area contributed by atoms with Gasteiger partial charge in [0.1, 0.15) is 5.75 Å². The van der Waals surface area contributed by atoms with Gasteiger partial charge in [0.15, 0.2) is 17.5 Å². The lowest BCUT2D eigenvalue weighted by atomic mass is 10.0. The Labute approximate surface area is 134 Å². The fourth-order valence-corrected chi connectivity index (χ4v) is 1.97. The number of carbonyl (C=O) groups is 2. The Bertz CT molecular complexity index is 844. The average molecular weight is 336 g/mol. The monoisotopic (exact) mass is 336 g/mol. The van der Waals surface area contributed by atoms with Crippen molar-refractivity contribution in [2.75, 3.05) is 0 Å². The largest absolute Gasteiger partial charge is 0.478 e. The second kappa shape index (κ2) is 6.99. The lowest BCUT2D eigenvalue weighted by molar-refractivity contribution is -0.128. The number of aromatic carboxylic acids is 1. The molecule has 24 heavy (non-hydrogen) atoms. The van der Waals surface area contributed by atoms with Crippen LogP contribution in [0.4, 0.5) is 13.2 Å². The second-order valence-corrected chi connectivity index (χ2v) is 4.66. The van der Waals surface area contributed by atoms with Crippen molar-refractivity contribution in [1.29, 1.82) is 0 Å². The van der Waals surface area contributed by atoms with Crippen LogP contribution in [0.5, 0.6) is 5.75 Å². The first-order chi connectivity index (χ1) is 11.3. The molecule has 2 aromatic carbocycles. The Kier molecular flexibility index (Phi) is 5.03. The van der Waals surface area contributed by atoms with E-state index in [4.69, 9.17) is 9.84 Å². The minimum absolute atomic E-state index is 0.187. The summed E-state index contributed by atoms with van der Waals surface area (Å²) in [5.41, 5.74) is -0.857. The standard InChI is InChI=1S/C17H11F3O4/c1-2-3-14(21)24-13-7-4-9(17(22)23)8-11(13)10-5-6-12(18)16(20)15(10)19/h2-8H,1H3,(H,22,23). The Morgan fingerprint density at radius 3 is 2.38 bits per heavy atom. The van der Waals surface area contributed by atoms with E-state index in [9.17, 15) is 22.8 Å². The number of halogens is 3. The van der Waals surface area contributed by atoms with Gasteiger partial charge in [0.2, 0.25) is 0 Å². The molecule has 0 fully saturated rings. The molecule has 0 saturated carbocycles. The molecule has 2 rings (SSSR count). The summed E-state index contributed by atoms with van der Waals surface area (Å²) < 4.78 is 45.6. The molecule has 2 aromatic rings. The minimum atomic E-state index is -1.71. The molecule has 0 spiro atoms. The van der Waals surface area contributed by atoms with Crippen molar-refractivity contribution < 1.29 is 32.6 Å². The Balaban J connectivity index is 2.65. The molecule has 0 aliphatic rings. The van der Waals surface area contributed by atoms with E-state index < -0.39 is 35.0 Å². The van der Waals surface area contributed by atoms with Gasteiger partial charge in [0.25, 0.3) is 0 Å². The molecule has 0 aromatic heterocycles. The van der Waals surface area contributed by atoms with Gasteiger partial charge in [-0.3, -0.25) is 0 Å². The normalized spacial score (nSPS) is 10.8. The molecule has 0 aliphatic heterocycles. The van der Waals surface area contributed by atoms with Crippen LogP contribution >= 0.6 is 0 Å². The number of rotatable bonds is 4. The number of hydrogen-bond donors (Lipinski definition) is 1. The molecule has 0 unspecified atom stereocenters. The number of esters is 1. The van der Waals surface area contributed by atoms with Crippen LogP contribution in [0.2, 0.25) is 0 Å². The van der Waals surface area contributed by atoms with Gasteiger partial charge in [-0.15, -0.1) is 0 Å². The van der Waals surface area contributed by atoms with E-state index in [-0.39, 0.29) is 16.9 Å². The van der Waals surface area contributed by atoms with E-state index >= 15 is 0 Å². The SMILES string of the molecule is CC=CC(=O)Oc1ccc(C(=O)O)cc1-c1ccc(F)c(F)c1F. The summed E-state index contributed by atoms with van der Waals surface area (Å²) in [5, 5.41) is 9.03. The molecule has 4 nitrogen and oxygen atoms in total. The number of carboxylic acid groups (broad SMARTS) is 1. The van der Waals surface area contributed by atoms with Gasteiger partial charge < -0.3 is 9.84 Å². The lowest BCUT2D eigenvalue weighted by Crippen LogP contribution is -2.07. The van der Waals surface area contributed by atoms with Crippen molar-refractivity contribution in [3.8, 4) is 16.9 Å². The summed E-state index contributed by atoms with van der Waals surface area (Å²) in [7, 11) is 0. The summed E-state index contributed by atoms with van der Waals surface area (Å²) in [4.78, 5) is 22.6. The zero-order valence-electron chi connectivity index (χ0n) is 12.3. The van der Waals surface area contributed by atoms with Crippen LogP contribution < -0.4 is 4.74 Å². The van der Waals surface area contributed by atoms with E-state index in [0.717, 1.165) is 30.3 Å². The maximum Gasteiger partial charge on any atom is 0.335 e. The summed E-state index contributed by atoms with van der Waals surface area (Å²) >= 11 is 0. The molecule has 0 saturated heterocycles. The van der Waals surface area contributed by atoms with Crippen molar-refractivity contribution in [3.05, 3.63) is 65.5 Å². The van der Waals surface area contributed by atoms with Crippen LogP contribution in [-0.2, 0) is 4.79 Å². The van der Waals surface area contributed by atoms with Gasteiger partial charge in [-0.05, 0) is 37.3 Å². The van der Waals surface area contributed by atoms with Crippen LogP contribution in [0.15, 0.2) is 42.5 Å². The van der Waals surface area contributed by atoms with Crippen molar-refractivity contribution in [1.82, 2.24) is 0 Å². The quantitative estimate of drug-likeness (QED) is 0.397. The number of allylic oxidation sites excluding steroid dienone is 1. The lowest BCUT2D eigenvalue weighted by Gasteiger charge is -2.12. The number of hydrogen-bond acceptors (Lipinski definition) is 3. The van der Waals surface area contributed by atoms with Gasteiger partial charge in [0.05, 0.1) is 5.56 Å². The highest BCUT2D eigenvalue weighted by Gasteiger charge is 2.20. The first-order valence-corrected chi connectivity index (χ1v) is 6.71. The van der Waals surface area contributed by atoms with E-state index in [2.05, 4.69) is 0 Å². The van der Waals surface area contributed by atoms with E-state index in [1.807, 2.05) is 0 Å². The predicted octanol–water partition coefficient (Wildman–Crippen LogP) is 3.95. The third kappa shape index (κ3) is 3.45. The third-order valence-electron chi connectivity index (χ3n) is 3.07. The van der Waals surface area contributed by atoms with Crippen molar-refractivity contribution in [2.24, 2.45) is 0 Å². The highest BCUT2D eigenvalue weighted by molar-refractivity contribution is 5.92. The Morgan fingerprint density at radius 2 is 1.75 bits per heavy atom. The molecule has 1 N–H and O–H groups in total. The average Bonchev–Trinajstić information content (AvgIpc) is 2.53. The van der Waals surface area contributed by atoms with Crippen molar-refractivity contribution in [2.45, 2.75) is 6.92 Å². The zero-order valence-corrected chi connectivity index (χ0v) is 12.3. The first kappa shape index (κ1) is 17.3. The molecule has 0 heterocycles. The number of benzene rings is 2. The highest BCUT2D eigenvalue weighted by atomic mass is 19.2. The van der Waals surface area contributed by atoms with Gasteiger partial charge in [-0.2, -0.15) is 0 Å². The highest BCUT2D eigenvalue weighted by Crippen LogP contribution is 2.34. The van der Waals surface area contributed by atoms with Crippen molar-refractivity contribution >= 4 is 11.9 Å². The molecular formula is C17H11F3O4. The van der Waals surface area contributed by atoms with Gasteiger partial charge in [-0.1, -0.05) is 6.08 Å². The number of carboxylic acids is 1. The molecule has 124 valence electrons. The Morgan fingerprint density at radius 1 is 1.04 bits per heavy atom. The minimum Gasteiger partial charge on any atom is -0.478 e. The second-order valence-electron chi connectivity index (χ2n) is 4.66. The fraction of sp³-hybridized carbons (Fsp3) is 0.0588. The molecule has 7 heteroatoms. The molecular weight excluding hydrogens is 325 g/mol. The molecule has 0 bridgehead atoms. The smallest absolute Gasteiger partial charge is 0.335 e. The van der Waals surface area contributed by atoms with Crippen LogP contribution in [0.3, 0.4) is 0 Å². The zero-order chi connectivity index (χ0) is 17.9. The molecule has 0 radical (unpaired) electrons. The van der Waals surface area contributed by atoms with Crippen LogP contribution in [0, 0.1) is 17.5 Å². The van der Waals surface area contributed by atoms with Gasteiger partial charge in [0, 0.05) is 17.2 Å². The van der Waals surface area contributed by atoms with Crippen molar-refractivity contribution in [3.63, 3.8) is 0 Å². The molecule has 0 aliphatic carbocycles. The maximum absolute atomic E-state index is 14.0. The van der Waals surface area contributed by atoms with Gasteiger partial charge >= 0.3 is 11.9 Å². The third-order valence-corrected chi connectivity index (χ3v) is 3.07. The summed E-state index contributed by atoms with van der Waals surface area (Å²) in [6.07, 6.45) is 2.50. The number of ether oxygens (including phenoxy) is 1. The van der Waals surface area contributed by atoms with Gasteiger partial charge in [-0.25, -0.2) is 22.8 Å². The van der Waals surface area contributed by atoms with E-state index in [1.54, 1.807) is 6.92 Å². The molecule has 0 atom stereocenters.